The van der Waals surface area contributed by atoms with Crippen LogP contribution in [0.2, 0.25) is 0 Å². The van der Waals surface area contributed by atoms with Gasteiger partial charge in [0, 0.05) is 18.8 Å². The van der Waals surface area contributed by atoms with E-state index in [9.17, 15) is 0 Å². The minimum Gasteiger partial charge on any atom is -0.371 e. The van der Waals surface area contributed by atoms with Crippen LogP contribution in [0.5, 0.6) is 0 Å². The fourth-order valence-corrected chi connectivity index (χ4v) is 2.26. The Morgan fingerprint density at radius 3 is 2.87 bits per heavy atom. The van der Waals surface area contributed by atoms with Gasteiger partial charge in [-0.1, -0.05) is 32.0 Å². The average molecular weight is 203 g/mol. The molecule has 0 fully saturated rings. The van der Waals surface area contributed by atoms with Gasteiger partial charge in [0.05, 0.1) is 0 Å². The molecule has 1 aromatic carbocycles. The maximum absolute atomic E-state index is 2.55. The van der Waals surface area contributed by atoms with Crippen molar-refractivity contribution in [3.63, 3.8) is 0 Å². The van der Waals surface area contributed by atoms with Gasteiger partial charge in [0.2, 0.25) is 0 Å². The van der Waals surface area contributed by atoms with Gasteiger partial charge in [0.15, 0.2) is 0 Å². The molecule has 0 aromatic heterocycles. The first-order chi connectivity index (χ1) is 7.27. The summed E-state index contributed by atoms with van der Waals surface area (Å²) < 4.78 is 0. The number of aryl methyl sites for hydroxylation is 1. The summed E-state index contributed by atoms with van der Waals surface area (Å²) >= 11 is 0. The maximum Gasteiger partial charge on any atom is 0.0398 e. The fourth-order valence-electron chi connectivity index (χ4n) is 2.26. The summed E-state index contributed by atoms with van der Waals surface area (Å²) in [6.45, 7) is 7.06. The van der Waals surface area contributed by atoms with Crippen molar-refractivity contribution < 1.29 is 0 Å². The number of fused-ring (bicyclic) bond motifs is 1. The number of rotatable bonds is 3. The summed E-state index contributed by atoms with van der Waals surface area (Å²) in [6.07, 6.45) is 3.87. The lowest BCUT2D eigenvalue weighted by Gasteiger charge is -2.31. The third-order valence-electron chi connectivity index (χ3n) is 3.18. The first-order valence-electron chi connectivity index (χ1n) is 6.10. The lowest BCUT2D eigenvalue weighted by Crippen LogP contribution is -2.30. The predicted molar refractivity (Wildman–Crippen MR) is 66.4 cm³/mol. The van der Waals surface area contributed by atoms with Crippen molar-refractivity contribution in [2.45, 2.75) is 33.1 Å². The van der Waals surface area contributed by atoms with Crippen LogP contribution in [-0.2, 0) is 6.42 Å². The highest BCUT2D eigenvalue weighted by Crippen LogP contribution is 2.26. The third-order valence-corrected chi connectivity index (χ3v) is 3.18. The Bertz CT molecular complexity index is 317. The van der Waals surface area contributed by atoms with Gasteiger partial charge in [-0.3, -0.25) is 0 Å². The highest BCUT2D eigenvalue weighted by Gasteiger charge is 2.15. The van der Waals surface area contributed by atoms with E-state index in [4.69, 9.17) is 0 Å². The first-order valence-corrected chi connectivity index (χ1v) is 6.10. The number of hydrogen-bond acceptors (Lipinski definition) is 1. The van der Waals surface area contributed by atoms with Crippen molar-refractivity contribution in [3.05, 3.63) is 29.8 Å². The van der Waals surface area contributed by atoms with Crippen LogP contribution in [0.1, 0.15) is 32.3 Å². The van der Waals surface area contributed by atoms with Crippen molar-refractivity contribution in [2.75, 3.05) is 18.0 Å². The zero-order valence-electron chi connectivity index (χ0n) is 9.87. The van der Waals surface area contributed by atoms with Gasteiger partial charge in [0.1, 0.15) is 0 Å². The molecule has 1 aliphatic heterocycles. The lowest BCUT2D eigenvalue weighted by molar-refractivity contribution is 0.560. The molecule has 0 spiro atoms. The summed E-state index contributed by atoms with van der Waals surface area (Å²) in [5.74, 6) is 0.805. The molecule has 0 aliphatic carbocycles. The van der Waals surface area contributed by atoms with Gasteiger partial charge in [-0.05, 0) is 36.8 Å². The molecule has 2 rings (SSSR count). The minimum absolute atomic E-state index is 0.805. The largest absolute Gasteiger partial charge is 0.371 e. The molecule has 0 amide bonds. The zero-order valence-corrected chi connectivity index (χ0v) is 9.87. The Morgan fingerprint density at radius 2 is 2.07 bits per heavy atom. The Balaban J connectivity index is 2.08. The SMILES string of the molecule is CC(C)CCN1CCCc2ccccc21. The quantitative estimate of drug-likeness (QED) is 0.727. The summed E-state index contributed by atoms with van der Waals surface area (Å²) in [5, 5.41) is 0. The van der Waals surface area contributed by atoms with Crippen molar-refractivity contribution >= 4 is 5.69 Å². The Hall–Kier alpha value is -0.980. The van der Waals surface area contributed by atoms with Crippen molar-refractivity contribution in [2.24, 2.45) is 5.92 Å². The normalized spacial score (nSPS) is 15.5. The molecule has 82 valence electrons. The van der Waals surface area contributed by atoms with Crippen molar-refractivity contribution in [1.82, 2.24) is 0 Å². The topological polar surface area (TPSA) is 3.24 Å². The van der Waals surface area contributed by atoms with Crippen LogP contribution in [-0.4, -0.2) is 13.1 Å². The van der Waals surface area contributed by atoms with Gasteiger partial charge in [0.25, 0.3) is 0 Å². The second-order valence-electron chi connectivity index (χ2n) is 4.90. The zero-order chi connectivity index (χ0) is 10.7. The molecule has 0 saturated carbocycles. The summed E-state index contributed by atoms with van der Waals surface area (Å²) in [7, 11) is 0. The van der Waals surface area contributed by atoms with Crippen LogP contribution in [0.15, 0.2) is 24.3 Å². The van der Waals surface area contributed by atoms with E-state index >= 15 is 0 Å². The van der Waals surface area contributed by atoms with E-state index in [1.165, 1.54) is 43.6 Å². The Labute approximate surface area is 93.1 Å². The van der Waals surface area contributed by atoms with Crippen LogP contribution in [0.3, 0.4) is 0 Å². The molecular weight excluding hydrogens is 182 g/mol. The van der Waals surface area contributed by atoms with Crippen LogP contribution in [0, 0.1) is 5.92 Å². The van der Waals surface area contributed by atoms with E-state index < -0.39 is 0 Å². The smallest absolute Gasteiger partial charge is 0.0398 e. The summed E-state index contributed by atoms with van der Waals surface area (Å²) in [4.78, 5) is 2.55. The van der Waals surface area contributed by atoms with Gasteiger partial charge >= 0.3 is 0 Å². The molecule has 1 nitrogen and oxygen atoms in total. The molecule has 1 heteroatoms. The van der Waals surface area contributed by atoms with Crippen molar-refractivity contribution in [3.8, 4) is 0 Å². The highest BCUT2D eigenvalue weighted by atomic mass is 15.1. The van der Waals surface area contributed by atoms with Crippen LogP contribution in [0.4, 0.5) is 5.69 Å². The van der Waals surface area contributed by atoms with Crippen LogP contribution in [0.25, 0.3) is 0 Å². The number of hydrogen-bond donors (Lipinski definition) is 0. The summed E-state index contributed by atoms with van der Waals surface area (Å²) in [6, 6.07) is 8.86. The summed E-state index contributed by atoms with van der Waals surface area (Å²) in [5.41, 5.74) is 3.01. The number of benzene rings is 1. The molecule has 15 heavy (non-hydrogen) atoms. The molecular formula is C14H21N. The van der Waals surface area contributed by atoms with Gasteiger partial charge in [-0.25, -0.2) is 0 Å². The van der Waals surface area contributed by atoms with Crippen LogP contribution < -0.4 is 4.90 Å². The third kappa shape index (κ3) is 2.53. The second kappa shape index (κ2) is 4.69. The average Bonchev–Trinajstić information content (AvgIpc) is 2.26. The predicted octanol–water partition coefficient (Wildman–Crippen LogP) is 3.49. The fraction of sp³-hybridized carbons (Fsp3) is 0.571. The van der Waals surface area contributed by atoms with E-state index in [0.29, 0.717) is 0 Å². The van der Waals surface area contributed by atoms with E-state index in [1.807, 2.05) is 0 Å². The molecule has 0 atom stereocenters. The maximum atomic E-state index is 2.55. The van der Waals surface area contributed by atoms with Gasteiger partial charge in [-0.15, -0.1) is 0 Å². The molecule has 1 heterocycles. The van der Waals surface area contributed by atoms with E-state index in [1.54, 1.807) is 0 Å². The minimum atomic E-state index is 0.805. The Morgan fingerprint density at radius 1 is 1.27 bits per heavy atom. The molecule has 0 bridgehead atoms. The molecule has 0 N–H and O–H groups in total. The number of nitrogens with zero attached hydrogens (tertiary/aromatic N) is 1. The Kier molecular flexibility index (Phi) is 3.30. The first kappa shape index (κ1) is 10.5. The standard InChI is InChI=1S/C14H21N/c1-12(2)9-11-15-10-5-7-13-6-3-4-8-14(13)15/h3-4,6,8,12H,5,7,9-11H2,1-2H3. The number of para-hydroxylation sites is 1. The highest BCUT2D eigenvalue weighted by molar-refractivity contribution is 5.55. The number of anilines is 1. The van der Waals surface area contributed by atoms with Crippen LogP contribution >= 0.6 is 0 Å². The van der Waals surface area contributed by atoms with E-state index in [0.717, 1.165) is 5.92 Å². The molecule has 0 unspecified atom stereocenters. The molecule has 0 saturated heterocycles. The monoisotopic (exact) mass is 203 g/mol. The molecule has 1 aliphatic rings. The lowest BCUT2D eigenvalue weighted by atomic mass is 10.0. The van der Waals surface area contributed by atoms with Crippen molar-refractivity contribution in [1.29, 1.82) is 0 Å². The van der Waals surface area contributed by atoms with Gasteiger partial charge in [-0.2, -0.15) is 0 Å². The van der Waals surface area contributed by atoms with E-state index in [-0.39, 0.29) is 0 Å². The molecule has 0 radical (unpaired) electrons. The second-order valence-corrected chi connectivity index (χ2v) is 4.90. The van der Waals surface area contributed by atoms with E-state index in [2.05, 4.69) is 43.0 Å². The molecule has 1 aromatic rings. The van der Waals surface area contributed by atoms with Gasteiger partial charge < -0.3 is 4.90 Å².